The lowest BCUT2D eigenvalue weighted by atomic mass is 9.84. The molecule has 2 amide bonds. The Balaban J connectivity index is 1.87. The molecule has 0 bridgehead atoms. The summed E-state index contributed by atoms with van der Waals surface area (Å²) < 4.78 is 45.1. The number of nitrogens with zero attached hydrogens (tertiary/aromatic N) is 2. The van der Waals surface area contributed by atoms with Gasteiger partial charge in [0.05, 0.1) is 36.0 Å². The lowest BCUT2D eigenvalue weighted by molar-refractivity contribution is -0.137. The van der Waals surface area contributed by atoms with E-state index in [4.69, 9.17) is 10.00 Å². The molecule has 6 nitrogen and oxygen atoms in total. The Kier molecular flexibility index (Phi) is 5.38. The van der Waals surface area contributed by atoms with Crippen molar-refractivity contribution in [2.45, 2.75) is 31.5 Å². The molecule has 0 aromatic heterocycles. The van der Waals surface area contributed by atoms with Gasteiger partial charge in [0.2, 0.25) is 0 Å². The molecule has 2 aromatic carbocycles. The van der Waals surface area contributed by atoms with Crippen LogP contribution in [-0.2, 0) is 11.0 Å². The standard InChI is InChI=1S/C23H18F3N3O3/c1-32-19-10-13(12-27)8-9-16(19)21-20-17(6-3-7-18(20)30)29(22(31)28-21)15-5-2-4-14(11-15)23(24,25)26/h2,4-5,8-11,21H,3,6-7H2,1H3,(H,28,31). The first kappa shape index (κ1) is 21.4. The third-order valence-corrected chi connectivity index (χ3v) is 5.56. The van der Waals surface area contributed by atoms with Crippen LogP contribution in [0.3, 0.4) is 0 Å². The normalized spacial score (nSPS) is 18.7. The maximum absolute atomic E-state index is 13.2. The highest BCUT2D eigenvalue weighted by atomic mass is 19.4. The predicted octanol–water partition coefficient (Wildman–Crippen LogP) is 4.86. The molecule has 0 radical (unpaired) electrons. The minimum absolute atomic E-state index is 0.0322. The lowest BCUT2D eigenvalue weighted by Crippen LogP contribution is -2.49. The Morgan fingerprint density at radius 1 is 1.16 bits per heavy atom. The number of ketones is 1. The first-order chi connectivity index (χ1) is 15.2. The number of urea groups is 1. The Hall–Kier alpha value is -3.80. The molecule has 1 heterocycles. The van der Waals surface area contributed by atoms with Gasteiger partial charge >= 0.3 is 12.2 Å². The van der Waals surface area contributed by atoms with E-state index in [0.717, 1.165) is 17.0 Å². The first-order valence-corrected chi connectivity index (χ1v) is 9.86. The van der Waals surface area contributed by atoms with E-state index in [1.54, 1.807) is 12.1 Å². The second-order valence-corrected chi connectivity index (χ2v) is 7.47. The van der Waals surface area contributed by atoms with Gasteiger partial charge in [-0.1, -0.05) is 12.1 Å². The van der Waals surface area contributed by atoms with Crippen molar-refractivity contribution in [2.75, 3.05) is 12.0 Å². The number of benzene rings is 2. The second-order valence-electron chi connectivity index (χ2n) is 7.47. The highest BCUT2D eigenvalue weighted by Gasteiger charge is 2.41. The minimum Gasteiger partial charge on any atom is -0.496 e. The molecule has 0 spiro atoms. The number of hydrogen-bond acceptors (Lipinski definition) is 4. The van der Waals surface area contributed by atoms with Gasteiger partial charge in [-0.2, -0.15) is 18.4 Å². The zero-order chi connectivity index (χ0) is 23.0. The summed E-state index contributed by atoms with van der Waals surface area (Å²) in [5.74, 6) is 0.131. The van der Waals surface area contributed by atoms with E-state index >= 15 is 0 Å². The molecule has 2 aromatic rings. The highest BCUT2D eigenvalue weighted by Crippen LogP contribution is 2.42. The van der Waals surface area contributed by atoms with E-state index in [0.29, 0.717) is 41.0 Å². The molecule has 1 unspecified atom stereocenters. The van der Waals surface area contributed by atoms with Gasteiger partial charge in [0.1, 0.15) is 5.75 Å². The number of methoxy groups -OCH3 is 1. The molecule has 1 atom stereocenters. The smallest absolute Gasteiger partial charge is 0.416 e. The summed E-state index contributed by atoms with van der Waals surface area (Å²) in [5.41, 5.74) is 0.679. The zero-order valence-electron chi connectivity index (χ0n) is 17.0. The summed E-state index contributed by atoms with van der Waals surface area (Å²) in [6.45, 7) is 0. The predicted molar refractivity (Wildman–Crippen MR) is 109 cm³/mol. The van der Waals surface area contributed by atoms with Crippen molar-refractivity contribution in [2.24, 2.45) is 0 Å². The summed E-state index contributed by atoms with van der Waals surface area (Å²) in [7, 11) is 1.41. The van der Waals surface area contributed by atoms with Crippen LogP contribution >= 0.6 is 0 Å². The fraction of sp³-hybridized carbons (Fsp3) is 0.261. The number of alkyl halides is 3. The molecule has 1 N–H and O–H groups in total. The van der Waals surface area contributed by atoms with E-state index < -0.39 is 23.8 Å². The molecule has 164 valence electrons. The van der Waals surface area contributed by atoms with Crippen molar-refractivity contribution in [3.8, 4) is 11.8 Å². The minimum atomic E-state index is -4.57. The molecule has 0 saturated carbocycles. The number of nitrogens with one attached hydrogen (secondary N) is 1. The van der Waals surface area contributed by atoms with Crippen molar-refractivity contribution in [1.29, 1.82) is 5.26 Å². The van der Waals surface area contributed by atoms with E-state index in [9.17, 15) is 22.8 Å². The molecule has 0 fully saturated rings. The number of nitriles is 1. The number of halogens is 3. The number of ether oxygens (including phenoxy) is 1. The van der Waals surface area contributed by atoms with E-state index in [1.165, 1.54) is 25.3 Å². The maximum atomic E-state index is 13.2. The van der Waals surface area contributed by atoms with Gasteiger partial charge in [-0.15, -0.1) is 0 Å². The number of amides is 2. The topological polar surface area (TPSA) is 82.4 Å². The van der Waals surface area contributed by atoms with Crippen molar-refractivity contribution in [1.82, 2.24) is 5.32 Å². The third-order valence-electron chi connectivity index (χ3n) is 5.56. The van der Waals surface area contributed by atoms with Gasteiger partial charge in [-0.25, -0.2) is 4.79 Å². The summed E-state index contributed by atoms with van der Waals surface area (Å²) >= 11 is 0. The van der Waals surface area contributed by atoms with Crippen LogP contribution in [0, 0.1) is 11.3 Å². The van der Waals surface area contributed by atoms with Crippen LogP contribution in [-0.4, -0.2) is 18.9 Å². The first-order valence-electron chi connectivity index (χ1n) is 9.86. The van der Waals surface area contributed by atoms with Crippen molar-refractivity contribution in [3.05, 3.63) is 70.4 Å². The number of rotatable bonds is 3. The second kappa shape index (κ2) is 8.04. The average molecular weight is 441 g/mol. The summed E-state index contributed by atoms with van der Waals surface area (Å²) in [5, 5.41) is 11.9. The third kappa shape index (κ3) is 3.68. The van der Waals surface area contributed by atoms with Crippen LogP contribution in [0.2, 0.25) is 0 Å². The highest BCUT2D eigenvalue weighted by molar-refractivity contribution is 6.06. The Labute approximate surface area is 181 Å². The van der Waals surface area contributed by atoms with Gasteiger partial charge in [0, 0.05) is 23.3 Å². The van der Waals surface area contributed by atoms with Crippen molar-refractivity contribution < 1.29 is 27.5 Å². The van der Waals surface area contributed by atoms with Gasteiger partial charge in [-0.05, 0) is 43.2 Å². The Bertz CT molecular complexity index is 1180. The van der Waals surface area contributed by atoms with Crippen LogP contribution in [0.1, 0.15) is 42.0 Å². The number of Topliss-reactive ketones (excluding diaryl/α,β-unsaturated/α-hetero) is 1. The van der Waals surface area contributed by atoms with Crippen LogP contribution in [0.4, 0.5) is 23.7 Å². The number of carbonyl (C=O) groups excluding carboxylic acids is 2. The average Bonchev–Trinajstić information content (AvgIpc) is 2.77. The molecule has 32 heavy (non-hydrogen) atoms. The Morgan fingerprint density at radius 3 is 2.62 bits per heavy atom. The van der Waals surface area contributed by atoms with Gasteiger partial charge in [0.15, 0.2) is 5.78 Å². The molecule has 1 aliphatic carbocycles. The molecule has 4 rings (SSSR count). The van der Waals surface area contributed by atoms with E-state index in [2.05, 4.69) is 5.32 Å². The number of anilines is 1. The van der Waals surface area contributed by atoms with Crippen molar-refractivity contribution >= 4 is 17.5 Å². The number of hydrogen-bond donors (Lipinski definition) is 1. The van der Waals surface area contributed by atoms with Crippen LogP contribution in [0.25, 0.3) is 0 Å². The fourth-order valence-corrected chi connectivity index (χ4v) is 4.14. The van der Waals surface area contributed by atoms with Crippen LogP contribution in [0.5, 0.6) is 5.75 Å². The zero-order valence-corrected chi connectivity index (χ0v) is 17.0. The SMILES string of the molecule is COc1cc(C#N)ccc1C1NC(=O)N(c2cccc(C(F)(F)F)c2)C2=C1C(=O)CCC2. The quantitative estimate of drug-likeness (QED) is 0.737. The van der Waals surface area contributed by atoms with E-state index in [1.807, 2.05) is 6.07 Å². The van der Waals surface area contributed by atoms with Gasteiger partial charge in [-0.3, -0.25) is 9.69 Å². The summed E-state index contributed by atoms with van der Waals surface area (Å²) in [4.78, 5) is 27.2. The Morgan fingerprint density at radius 2 is 1.94 bits per heavy atom. The number of carbonyl (C=O) groups is 2. The number of allylic oxidation sites excluding steroid dienone is 1. The van der Waals surface area contributed by atoms with Crippen LogP contribution < -0.4 is 15.0 Å². The largest absolute Gasteiger partial charge is 0.496 e. The van der Waals surface area contributed by atoms with Crippen molar-refractivity contribution in [3.63, 3.8) is 0 Å². The van der Waals surface area contributed by atoms with Crippen LogP contribution in [0.15, 0.2) is 53.7 Å². The monoisotopic (exact) mass is 441 g/mol. The van der Waals surface area contributed by atoms with Gasteiger partial charge < -0.3 is 10.1 Å². The summed E-state index contributed by atoms with van der Waals surface area (Å²) in [6.07, 6.45) is -3.46. The molecular weight excluding hydrogens is 423 g/mol. The summed E-state index contributed by atoms with van der Waals surface area (Å²) in [6, 6.07) is 9.64. The van der Waals surface area contributed by atoms with E-state index in [-0.39, 0.29) is 17.9 Å². The molecule has 0 saturated heterocycles. The lowest BCUT2D eigenvalue weighted by Gasteiger charge is -2.39. The van der Waals surface area contributed by atoms with Gasteiger partial charge in [0.25, 0.3) is 0 Å². The molecular formula is C23H18F3N3O3. The fourth-order valence-electron chi connectivity index (χ4n) is 4.14. The molecule has 1 aliphatic heterocycles. The molecule has 2 aliphatic rings. The maximum Gasteiger partial charge on any atom is 0.416 e. The molecule has 9 heteroatoms.